The highest BCUT2D eigenvalue weighted by molar-refractivity contribution is 9.10. The van der Waals surface area contributed by atoms with Gasteiger partial charge in [-0.15, -0.1) is 0 Å². The maximum atomic E-state index is 4.50. The molecule has 5 heteroatoms. The molecule has 0 spiro atoms. The standard InChI is InChI=1S/C17H15BrN4/c1-12-11-16(20-14-5-3-2-4-6-14)22-17(19-12)21-15-9-7-13(18)8-10-15/h2-11H,1H3,(H2,19,20,21,22). The first-order valence-corrected chi connectivity index (χ1v) is 7.69. The Morgan fingerprint density at radius 1 is 0.818 bits per heavy atom. The van der Waals surface area contributed by atoms with Gasteiger partial charge in [0.25, 0.3) is 0 Å². The first kappa shape index (κ1) is 14.5. The lowest BCUT2D eigenvalue weighted by molar-refractivity contribution is 1.11. The molecule has 0 radical (unpaired) electrons. The van der Waals surface area contributed by atoms with Gasteiger partial charge in [0.2, 0.25) is 5.95 Å². The smallest absolute Gasteiger partial charge is 0.229 e. The maximum absolute atomic E-state index is 4.50. The van der Waals surface area contributed by atoms with Gasteiger partial charge >= 0.3 is 0 Å². The maximum Gasteiger partial charge on any atom is 0.229 e. The summed E-state index contributed by atoms with van der Waals surface area (Å²) in [5.41, 5.74) is 2.84. The summed E-state index contributed by atoms with van der Waals surface area (Å²) in [5, 5.41) is 6.50. The molecule has 2 aromatic carbocycles. The van der Waals surface area contributed by atoms with E-state index in [9.17, 15) is 0 Å². The minimum Gasteiger partial charge on any atom is -0.340 e. The predicted octanol–water partition coefficient (Wildman–Crippen LogP) is 5.03. The van der Waals surface area contributed by atoms with E-state index in [-0.39, 0.29) is 0 Å². The molecule has 1 aromatic heterocycles. The fourth-order valence-electron chi connectivity index (χ4n) is 2.02. The second-order valence-corrected chi connectivity index (χ2v) is 5.76. The molecular formula is C17H15BrN4. The van der Waals surface area contributed by atoms with Crippen molar-refractivity contribution in [3.63, 3.8) is 0 Å². The van der Waals surface area contributed by atoms with Crippen molar-refractivity contribution in [2.24, 2.45) is 0 Å². The van der Waals surface area contributed by atoms with E-state index < -0.39 is 0 Å². The Hall–Kier alpha value is -2.40. The van der Waals surface area contributed by atoms with E-state index in [1.807, 2.05) is 67.6 Å². The molecule has 3 aromatic rings. The van der Waals surface area contributed by atoms with Crippen molar-refractivity contribution < 1.29 is 0 Å². The van der Waals surface area contributed by atoms with E-state index in [0.717, 1.165) is 27.4 Å². The van der Waals surface area contributed by atoms with Crippen molar-refractivity contribution in [3.05, 3.63) is 70.8 Å². The summed E-state index contributed by atoms with van der Waals surface area (Å²) < 4.78 is 1.04. The fraction of sp³-hybridized carbons (Fsp3) is 0.0588. The lowest BCUT2D eigenvalue weighted by Crippen LogP contribution is -2.02. The lowest BCUT2D eigenvalue weighted by Gasteiger charge is -2.10. The molecule has 110 valence electrons. The van der Waals surface area contributed by atoms with Crippen molar-refractivity contribution in [3.8, 4) is 0 Å². The lowest BCUT2D eigenvalue weighted by atomic mass is 10.3. The Kier molecular flexibility index (Phi) is 4.34. The number of hydrogen-bond acceptors (Lipinski definition) is 4. The number of aryl methyl sites for hydroxylation is 1. The van der Waals surface area contributed by atoms with Gasteiger partial charge in [0.05, 0.1) is 0 Å². The second-order valence-electron chi connectivity index (χ2n) is 4.84. The Morgan fingerprint density at radius 2 is 1.50 bits per heavy atom. The molecule has 0 aliphatic heterocycles. The van der Waals surface area contributed by atoms with Crippen molar-refractivity contribution in [1.29, 1.82) is 0 Å². The average Bonchev–Trinajstić information content (AvgIpc) is 2.50. The number of hydrogen-bond donors (Lipinski definition) is 2. The van der Waals surface area contributed by atoms with Crippen LogP contribution in [-0.2, 0) is 0 Å². The van der Waals surface area contributed by atoms with Crippen LogP contribution in [0.3, 0.4) is 0 Å². The van der Waals surface area contributed by atoms with Crippen LogP contribution in [0.4, 0.5) is 23.1 Å². The summed E-state index contributed by atoms with van der Waals surface area (Å²) in [6.07, 6.45) is 0. The van der Waals surface area contributed by atoms with Gasteiger partial charge in [-0.05, 0) is 43.3 Å². The van der Waals surface area contributed by atoms with E-state index in [1.54, 1.807) is 0 Å². The van der Waals surface area contributed by atoms with Crippen molar-refractivity contribution in [1.82, 2.24) is 9.97 Å². The van der Waals surface area contributed by atoms with Crippen LogP contribution in [0.25, 0.3) is 0 Å². The summed E-state index contributed by atoms with van der Waals surface area (Å²) in [6.45, 7) is 1.95. The van der Waals surface area contributed by atoms with Crippen LogP contribution in [-0.4, -0.2) is 9.97 Å². The second kappa shape index (κ2) is 6.58. The third kappa shape index (κ3) is 3.83. The number of para-hydroxylation sites is 1. The molecule has 0 fully saturated rings. The normalized spacial score (nSPS) is 10.3. The minimum atomic E-state index is 0.570. The Morgan fingerprint density at radius 3 is 2.23 bits per heavy atom. The quantitative estimate of drug-likeness (QED) is 0.689. The molecular weight excluding hydrogens is 340 g/mol. The number of anilines is 4. The first-order valence-electron chi connectivity index (χ1n) is 6.89. The van der Waals surface area contributed by atoms with Gasteiger partial charge in [-0.1, -0.05) is 34.1 Å². The van der Waals surface area contributed by atoms with E-state index >= 15 is 0 Å². The zero-order valence-corrected chi connectivity index (χ0v) is 13.6. The predicted molar refractivity (Wildman–Crippen MR) is 93.9 cm³/mol. The van der Waals surface area contributed by atoms with E-state index in [1.165, 1.54) is 0 Å². The number of halogens is 1. The van der Waals surface area contributed by atoms with Crippen LogP contribution in [0.1, 0.15) is 5.69 Å². The highest BCUT2D eigenvalue weighted by Gasteiger charge is 2.03. The topological polar surface area (TPSA) is 49.8 Å². The first-order chi connectivity index (χ1) is 10.7. The minimum absolute atomic E-state index is 0.570. The molecule has 0 atom stereocenters. The molecule has 4 nitrogen and oxygen atoms in total. The van der Waals surface area contributed by atoms with Crippen molar-refractivity contribution in [2.75, 3.05) is 10.6 Å². The van der Waals surface area contributed by atoms with Crippen LogP contribution in [0, 0.1) is 6.92 Å². The summed E-state index contributed by atoms with van der Waals surface area (Å²) >= 11 is 3.42. The number of benzene rings is 2. The summed E-state index contributed by atoms with van der Waals surface area (Å²) in [6, 6.07) is 19.8. The molecule has 1 heterocycles. The van der Waals surface area contributed by atoms with Gasteiger partial charge in [-0.2, -0.15) is 4.98 Å². The molecule has 0 aliphatic rings. The molecule has 0 saturated carbocycles. The molecule has 22 heavy (non-hydrogen) atoms. The van der Waals surface area contributed by atoms with Gasteiger partial charge in [-0.25, -0.2) is 4.98 Å². The number of rotatable bonds is 4. The SMILES string of the molecule is Cc1cc(Nc2ccccc2)nc(Nc2ccc(Br)cc2)n1. The van der Waals surface area contributed by atoms with Crippen LogP contribution in [0.2, 0.25) is 0 Å². The number of aromatic nitrogens is 2. The van der Waals surface area contributed by atoms with E-state index in [4.69, 9.17) is 0 Å². The highest BCUT2D eigenvalue weighted by atomic mass is 79.9. The average molecular weight is 355 g/mol. The molecule has 2 N–H and O–H groups in total. The van der Waals surface area contributed by atoms with Crippen LogP contribution in [0.5, 0.6) is 0 Å². The summed E-state index contributed by atoms with van der Waals surface area (Å²) in [5.74, 6) is 1.33. The van der Waals surface area contributed by atoms with Crippen molar-refractivity contribution in [2.45, 2.75) is 6.92 Å². The molecule has 0 saturated heterocycles. The van der Waals surface area contributed by atoms with Gasteiger partial charge in [0, 0.05) is 27.6 Å². The summed E-state index contributed by atoms with van der Waals surface area (Å²) in [7, 11) is 0. The van der Waals surface area contributed by atoms with Gasteiger partial charge in [0.1, 0.15) is 5.82 Å². The van der Waals surface area contributed by atoms with E-state index in [0.29, 0.717) is 5.95 Å². The monoisotopic (exact) mass is 354 g/mol. The number of nitrogens with zero attached hydrogens (tertiary/aromatic N) is 2. The fourth-order valence-corrected chi connectivity index (χ4v) is 2.28. The third-order valence-corrected chi connectivity index (χ3v) is 3.53. The number of nitrogens with one attached hydrogen (secondary N) is 2. The summed E-state index contributed by atoms with van der Waals surface area (Å²) in [4.78, 5) is 8.92. The zero-order chi connectivity index (χ0) is 15.4. The molecule has 0 unspecified atom stereocenters. The molecule has 0 bridgehead atoms. The van der Waals surface area contributed by atoms with Crippen LogP contribution >= 0.6 is 15.9 Å². The van der Waals surface area contributed by atoms with E-state index in [2.05, 4.69) is 36.5 Å². The zero-order valence-electron chi connectivity index (χ0n) is 12.0. The third-order valence-electron chi connectivity index (χ3n) is 3.00. The molecule has 0 aliphatic carbocycles. The van der Waals surface area contributed by atoms with Gasteiger partial charge in [-0.3, -0.25) is 0 Å². The Bertz CT molecular complexity index is 757. The Balaban J connectivity index is 1.82. The van der Waals surface area contributed by atoms with Crippen LogP contribution in [0.15, 0.2) is 65.1 Å². The van der Waals surface area contributed by atoms with Crippen molar-refractivity contribution >= 4 is 39.1 Å². The van der Waals surface area contributed by atoms with Crippen LogP contribution < -0.4 is 10.6 Å². The molecule has 0 amide bonds. The largest absolute Gasteiger partial charge is 0.340 e. The van der Waals surface area contributed by atoms with Gasteiger partial charge in [0.15, 0.2) is 0 Å². The molecule has 3 rings (SSSR count). The highest BCUT2D eigenvalue weighted by Crippen LogP contribution is 2.20. The van der Waals surface area contributed by atoms with Gasteiger partial charge < -0.3 is 10.6 Å². The Labute approximate surface area is 137 Å².